The summed E-state index contributed by atoms with van der Waals surface area (Å²) in [4.78, 5) is 12.3. The summed E-state index contributed by atoms with van der Waals surface area (Å²) in [5, 5.41) is 6.59. The Labute approximate surface area is 115 Å². The first-order valence-corrected chi connectivity index (χ1v) is 7.67. The quantitative estimate of drug-likeness (QED) is 0.789. The van der Waals surface area contributed by atoms with Crippen LogP contribution in [-0.4, -0.2) is 39.3 Å². The van der Waals surface area contributed by atoms with Crippen LogP contribution >= 0.6 is 0 Å². The van der Waals surface area contributed by atoms with Crippen LogP contribution in [0.15, 0.2) is 0 Å². The summed E-state index contributed by atoms with van der Waals surface area (Å²) in [7, 11) is 1.76. The topological polar surface area (TPSA) is 50.4 Å². The first-order valence-electron chi connectivity index (χ1n) is 7.67. The molecule has 4 heteroatoms. The Bertz CT molecular complexity index is 346. The number of amides is 1. The molecule has 0 aromatic rings. The van der Waals surface area contributed by atoms with Gasteiger partial charge in [0.2, 0.25) is 5.91 Å². The van der Waals surface area contributed by atoms with Crippen molar-refractivity contribution in [3.05, 3.63) is 0 Å². The van der Waals surface area contributed by atoms with Crippen LogP contribution in [0.1, 0.15) is 38.5 Å². The normalized spacial score (nSPS) is 30.7. The first kappa shape index (κ1) is 13.4. The fourth-order valence-electron chi connectivity index (χ4n) is 3.95. The van der Waals surface area contributed by atoms with Gasteiger partial charge >= 0.3 is 0 Å². The van der Waals surface area contributed by atoms with Crippen LogP contribution in [0, 0.1) is 16.7 Å². The number of ether oxygens (including phenoxy) is 1. The van der Waals surface area contributed by atoms with E-state index in [0.717, 1.165) is 32.7 Å². The number of hydrogen-bond donors (Lipinski definition) is 2. The minimum absolute atomic E-state index is 0.237. The highest BCUT2D eigenvalue weighted by atomic mass is 16.5. The molecule has 1 aliphatic heterocycles. The van der Waals surface area contributed by atoms with Crippen LogP contribution in [-0.2, 0) is 9.53 Å². The van der Waals surface area contributed by atoms with Gasteiger partial charge in [-0.05, 0) is 50.6 Å². The summed E-state index contributed by atoms with van der Waals surface area (Å²) < 4.78 is 5.31. The Hall–Kier alpha value is -0.610. The van der Waals surface area contributed by atoms with Gasteiger partial charge in [-0.3, -0.25) is 4.79 Å². The molecule has 3 aliphatic rings. The van der Waals surface area contributed by atoms with Crippen molar-refractivity contribution in [2.24, 2.45) is 16.7 Å². The van der Waals surface area contributed by atoms with Crippen molar-refractivity contribution in [2.45, 2.75) is 38.5 Å². The van der Waals surface area contributed by atoms with Gasteiger partial charge in [-0.15, -0.1) is 0 Å². The highest BCUT2D eigenvalue weighted by molar-refractivity contribution is 5.82. The molecule has 0 bridgehead atoms. The SMILES string of the molecule is COCC1(CNC(=O)[C@H]2CC23CCNCC3)CCC1. The maximum Gasteiger partial charge on any atom is 0.223 e. The van der Waals surface area contributed by atoms with Gasteiger partial charge in [-0.25, -0.2) is 0 Å². The standard InChI is InChI=1S/C15H26N2O2/c1-19-11-14(3-2-4-14)10-17-13(18)12-9-15(12)5-7-16-8-6-15/h12,16H,2-11H2,1H3,(H,17,18)/t12-/m1/s1. The molecule has 0 aromatic carbocycles. The van der Waals surface area contributed by atoms with E-state index in [0.29, 0.717) is 11.3 Å². The van der Waals surface area contributed by atoms with Gasteiger partial charge in [0.05, 0.1) is 6.61 Å². The highest BCUT2D eigenvalue weighted by Crippen LogP contribution is 2.58. The summed E-state index contributed by atoms with van der Waals surface area (Å²) in [5.74, 6) is 0.582. The fraction of sp³-hybridized carbons (Fsp3) is 0.933. The lowest BCUT2D eigenvalue weighted by Crippen LogP contribution is -2.46. The maximum absolute atomic E-state index is 12.3. The van der Waals surface area contributed by atoms with E-state index in [-0.39, 0.29) is 11.3 Å². The van der Waals surface area contributed by atoms with Gasteiger partial charge in [0.1, 0.15) is 0 Å². The van der Waals surface area contributed by atoms with Crippen LogP contribution in [0.5, 0.6) is 0 Å². The maximum atomic E-state index is 12.3. The minimum atomic E-state index is 0.237. The number of carbonyl (C=O) groups is 1. The molecule has 3 rings (SSSR count). The third-order valence-electron chi connectivity index (χ3n) is 5.61. The van der Waals surface area contributed by atoms with Crippen molar-refractivity contribution in [3.63, 3.8) is 0 Å². The van der Waals surface area contributed by atoms with Crippen molar-refractivity contribution in [2.75, 3.05) is 33.4 Å². The number of carbonyl (C=O) groups excluding carboxylic acids is 1. The molecule has 19 heavy (non-hydrogen) atoms. The number of nitrogens with one attached hydrogen (secondary N) is 2. The zero-order valence-electron chi connectivity index (χ0n) is 12.0. The smallest absolute Gasteiger partial charge is 0.223 e. The molecule has 4 nitrogen and oxygen atoms in total. The molecule has 1 heterocycles. The second-order valence-electron chi connectivity index (χ2n) is 6.87. The van der Waals surface area contributed by atoms with E-state index >= 15 is 0 Å². The second-order valence-corrected chi connectivity index (χ2v) is 6.87. The third kappa shape index (κ3) is 2.52. The number of hydrogen-bond acceptors (Lipinski definition) is 3. The summed E-state index contributed by atoms with van der Waals surface area (Å²) >= 11 is 0. The average Bonchev–Trinajstić information content (AvgIpc) is 3.07. The van der Waals surface area contributed by atoms with Crippen LogP contribution < -0.4 is 10.6 Å². The van der Waals surface area contributed by atoms with Gasteiger partial charge in [-0.1, -0.05) is 6.42 Å². The van der Waals surface area contributed by atoms with Gasteiger partial charge in [0, 0.05) is 25.0 Å². The molecular formula is C15H26N2O2. The molecule has 0 radical (unpaired) electrons. The molecule has 1 spiro atoms. The summed E-state index contributed by atoms with van der Waals surface area (Å²) in [5.41, 5.74) is 0.587. The van der Waals surface area contributed by atoms with E-state index in [1.807, 2.05) is 0 Å². The highest BCUT2D eigenvalue weighted by Gasteiger charge is 2.57. The van der Waals surface area contributed by atoms with Crippen LogP contribution in [0.2, 0.25) is 0 Å². The third-order valence-corrected chi connectivity index (χ3v) is 5.61. The number of piperidine rings is 1. The van der Waals surface area contributed by atoms with Gasteiger partial charge in [0.15, 0.2) is 0 Å². The summed E-state index contributed by atoms with van der Waals surface area (Å²) in [6.07, 6.45) is 7.13. The lowest BCUT2D eigenvalue weighted by molar-refractivity contribution is -0.124. The van der Waals surface area contributed by atoms with E-state index in [1.165, 1.54) is 32.1 Å². The molecule has 2 aliphatic carbocycles. The van der Waals surface area contributed by atoms with E-state index in [2.05, 4.69) is 10.6 Å². The van der Waals surface area contributed by atoms with Crippen LogP contribution in [0.4, 0.5) is 0 Å². The first-order chi connectivity index (χ1) is 9.20. The Morgan fingerprint density at radius 1 is 1.32 bits per heavy atom. The average molecular weight is 266 g/mol. The van der Waals surface area contributed by atoms with Crippen molar-refractivity contribution in [3.8, 4) is 0 Å². The van der Waals surface area contributed by atoms with Crippen molar-refractivity contribution in [1.82, 2.24) is 10.6 Å². The van der Waals surface area contributed by atoms with E-state index in [4.69, 9.17) is 4.74 Å². The zero-order valence-corrected chi connectivity index (χ0v) is 12.0. The van der Waals surface area contributed by atoms with E-state index in [9.17, 15) is 4.79 Å². The van der Waals surface area contributed by atoms with Crippen molar-refractivity contribution >= 4 is 5.91 Å². The zero-order chi connectivity index (χ0) is 13.3. The Balaban J connectivity index is 1.47. The molecule has 2 saturated carbocycles. The van der Waals surface area contributed by atoms with Gasteiger partial charge in [0.25, 0.3) is 0 Å². The predicted molar refractivity (Wildman–Crippen MR) is 73.8 cm³/mol. The van der Waals surface area contributed by atoms with Crippen LogP contribution in [0.3, 0.4) is 0 Å². The monoisotopic (exact) mass is 266 g/mol. The molecule has 3 fully saturated rings. The largest absolute Gasteiger partial charge is 0.384 e. The van der Waals surface area contributed by atoms with Gasteiger partial charge in [-0.2, -0.15) is 0 Å². The fourth-order valence-corrected chi connectivity index (χ4v) is 3.95. The minimum Gasteiger partial charge on any atom is -0.384 e. The molecule has 2 N–H and O–H groups in total. The Kier molecular flexibility index (Phi) is 3.56. The summed E-state index contributed by atoms with van der Waals surface area (Å²) in [6, 6.07) is 0. The molecular weight excluding hydrogens is 240 g/mol. The summed E-state index contributed by atoms with van der Waals surface area (Å²) in [6.45, 7) is 3.76. The Morgan fingerprint density at radius 2 is 2.05 bits per heavy atom. The lowest BCUT2D eigenvalue weighted by atomic mass is 9.69. The molecule has 1 amide bonds. The molecule has 0 unspecified atom stereocenters. The molecule has 1 atom stereocenters. The predicted octanol–water partition coefficient (Wildman–Crippen LogP) is 1.31. The van der Waals surface area contributed by atoms with Crippen LogP contribution in [0.25, 0.3) is 0 Å². The number of rotatable bonds is 5. The van der Waals surface area contributed by atoms with Crippen molar-refractivity contribution in [1.29, 1.82) is 0 Å². The molecule has 108 valence electrons. The van der Waals surface area contributed by atoms with E-state index < -0.39 is 0 Å². The van der Waals surface area contributed by atoms with Crippen molar-refractivity contribution < 1.29 is 9.53 Å². The number of methoxy groups -OCH3 is 1. The van der Waals surface area contributed by atoms with E-state index in [1.54, 1.807) is 7.11 Å². The molecule has 0 aromatic heterocycles. The lowest BCUT2D eigenvalue weighted by Gasteiger charge is -2.41. The van der Waals surface area contributed by atoms with Gasteiger partial charge < -0.3 is 15.4 Å². The molecule has 1 saturated heterocycles. The second kappa shape index (κ2) is 5.06. The Morgan fingerprint density at radius 3 is 2.63 bits per heavy atom.